The fraction of sp³-hybridized carbons (Fsp3) is 0.182. The molecule has 2 heterocycles. The molecule has 0 aliphatic carbocycles. The molecule has 0 fully saturated rings. The standard InChI is InChI=1S/C11H10N2O3/c1-5-3-6(2)13-10-8(5)9(14)7(4-12-10)11(15)16/h3-4H,1-2H3,(H,15,16)(H,12,13,14). The minimum atomic E-state index is -1.23. The molecule has 0 saturated heterocycles. The van der Waals surface area contributed by atoms with Crippen LogP contribution in [0.5, 0.6) is 0 Å². The Morgan fingerprint density at radius 2 is 2.12 bits per heavy atom. The Bertz CT molecular complexity index is 643. The highest BCUT2D eigenvalue weighted by Gasteiger charge is 2.13. The number of aromatic nitrogens is 2. The zero-order chi connectivity index (χ0) is 11.9. The van der Waals surface area contributed by atoms with E-state index in [0.717, 1.165) is 11.3 Å². The third-order valence-electron chi connectivity index (χ3n) is 2.40. The van der Waals surface area contributed by atoms with E-state index in [1.54, 1.807) is 13.0 Å². The minimum Gasteiger partial charge on any atom is -0.477 e. The van der Waals surface area contributed by atoms with Crippen molar-refractivity contribution in [1.82, 2.24) is 9.97 Å². The van der Waals surface area contributed by atoms with Crippen LogP contribution >= 0.6 is 0 Å². The molecule has 0 unspecified atom stereocenters. The Labute approximate surface area is 90.8 Å². The SMILES string of the molecule is Cc1cc(C)c2c(=O)c(C(=O)O)c[nH]c2n1. The number of carboxylic acid groups (broad SMARTS) is 1. The van der Waals surface area contributed by atoms with Crippen LogP contribution in [-0.4, -0.2) is 21.0 Å². The van der Waals surface area contributed by atoms with Gasteiger partial charge in [-0.15, -0.1) is 0 Å². The Hall–Kier alpha value is -2.17. The second kappa shape index (κ2) is 3.44. The van der Waals surface area contributed by atoms with Gasteiger partial charge in [0.05, 0.1) is 5.39 Å². The molecule has 16 heavy (non-hydrogen) atoms. The number of pyridine rings is 2. The Balaban J connectivity index is 2.95. The van der Waals surface area contributed by atoms with Crippen molar-refractivity contribution < 1.29 is 9.90 Å². The second-order valence-corrected chi connectivity index (χ2v) is 3.64. The Morgan fingerprint density at radius 1 is 1.44 bits per heavy atom. The molecule has 2 aromatic rings. The third-order valence-corrected chi connectivity index (χ3v) is 2.40. The van der Waals surface area contributed by atoms with Gasteiger partial charge >= 0.3 is 5.97 Å². The number of hydrogen-bond acceptors (Lipinski definition) is 3. The molecule has 5 nitrogen and oxygen atoms in total. The van der Waals surface area contributed by atoms with Crippen molar-refractivity contribution in [1.29, 1.82) is 0 Å². The van der Waals surface area contributed by atoms with E-state index in [2.05, 4.69) is 9.97 Å². The predicted octanol–water partition coefficient (Wildman–Crippen LogP) is 1.24. The van der Waals surface area contributed by atoms with Crippen LogP contribution in [0.2, 0.25) is 0 Å². The molecule has 0 atom stereocenters. The van der Waals surface area contributed by atoms with E-state index in [4.69, 9.17) is 5.11 Å². The van der Waals surface area contributed by atoms with Gasteiger partial charge in [-0.3, -0.25) is 4.79 Å². The number of aromatic carboxylic acids is 1. The Morgan fingerprint density at radius 3 is 2.75 bits per heavy atom. The first kappa shape index (κ1) is 10.4. The highest BCUT2D eigenvalue weighted by atomic mass is 16.4. The Kier molecular flexibility index (Phi) is 2.23. The number of carboxylic acids is 1. The first-order chi connectivity index (χ1) is 7.50. The molecule has 0 spiro atoms. The monoisotopic (exact) mass is 218 g/mol. The van der Waals surface area contributed by atoms with Crippen LogP contribution in [0.4, 0.5) is 0 Å². The first-order valence-electron chi connectivity index (χ1n) is 4.73. The lowest BCUT2D eigenvalue weighted by atomic mass is 10.1. The highest BCUT2D eigenvalue weighted by Crippen LogP contribution is 2.12. The molecule has 5 heteroatoms. The van der Waals surface area contributed by atoms with Gasteiger partial charge in [-0.25, -0.2) is 9.78 Å². The number of aromatic amines is 1. The lowest BCUT2D eigenvalue weighted by molar-refractivity contribution is 0.0695. The minimum absolute atomic E-state index is 0.263. The number of H-pyrrole nitrogens is 1. The summed E-state index contributed by atoms with van der Waals surface area (Å²) in [6, 6.07) is 1.75. The molecule has 82 valence electrons. The number of aryl methyl sites for hydroxylation is 2. The number of carbonyl (C=O) groups is 1. The summed E-state index contributed by atoms with van der Waals surface area (Å²) in [6.07, 6.45) is 1.18. The van der Waals surface area contributed by atoms with Crippen LogP contribution < -0.4 is 5.43 Å². The third kappa shape index (κ3) is 1.46. The summed E-state index contributed by atoms with van der Waals surface area (Å²) in [4.78, 5) is 29.5. The lowest BCUT2D eigenvalue weighted by Gasteiger charge is -2.03. The molecular formula is C11H10N2O3. The normalized spacial score (nSPS) is 10.6. The van der Waals surface area contributed by atoms with Gasteiger partial charge in [0.15, 0.2) is 0 Å². The largest absolute Gasteiger partial charge is 0.477 e. The quantitative estimate of drug-likeness (QED) is 0.754. The van der Waals surface area contributed by atoms with Crippen molar-refractivity contribution in [2.24, 2.45) is 0 Å². The molecule has 2 aromatic heterocycles. The molecule has 0 bridgehead atoms. The highest BCUT2D eigenvalue weighted by molar-refractivity contribution is 5.92. The van der Waals surface area contributed by atoms with E-state index in [9.17, 15) is 9.59 Å². The molecule has 0 radical (unpaired) electrons. The summed E-state index contributed by atoms with van der Waals surface area (Å²) < 4.78 is 0. The number of hydrogen-bond donors (Lipinski definition) is 2. The summed E-state index contributed by atoms with van der Waals surface area (Å²) >= 11 is 0. The summed E-state index contributed by atoms with van der Waals surface area (Å²) in [6.45, 7) is 3.58. The van der Waals surface area contributed by atoms with Gasteiger partial charge in [-0.1, -0.05) is 0 Å². The van der Waals surface area contributed by atoms with Gasteiger partial charge in [0.1, 0.15) is 11.2 Å². The van der Waals surface area contributed by atoms with Crippen molar-refractivity contribution in [3.05, 3.63) is 39.3 Å². The van der Waals surface area contributed by atoms with Crippen LogP contribution in [0.3, 0.4) is 0 Å². The van der Waals surface area contributed by atoms with Crippen molar-refractivity contribution in [2.45, 2.75) is 13.8 Å². The fourth-order valence-electron chi connectivity index (χ4n) is 1.73. The van der Waals surface area contributed by atoms with Gasteiger partial charge in [-0.05, 0) is 25.5 Å². The van der Waals surface area contributed by atoms with Crippen molar-refractivity contribution in [3.8, 4) is 0 Å². The van der Waals surface area contributed by atoms with Gasteiger partial charge in [-0.2, -0.15) is 0 Å². The van der Waals surface area contributed by atoms with Crippen molar-refractivity contribution in [3.63, 3.8) is 0 Å². The number of fused-ring (bicyclic) bond motifs is 1. The molecule has 0 amide bonds. The van der Waals surface area contributed by atoms with Gasteiger partial charge in [0.2, 0.25) is 5.43 Å². The molecule has 0 aliphatic heterocycles. The number of rotatable bonds is 1. The number of nitrogens with one attached hydrogen (secondary N) is 1. The molecule has 0 aromatic carbocycles. The van der Waals surface area contributed by atoms with E-state index in [1.807, 2.05) is 6.92 Å². The van der Waals surface area contributed by atoms with E-state index in [-0.39, 0.29) is 5.56 Å². The molecule has 2 rings (SSSR count). The summed E-state index contributed by atoms with van der Waals surface area (Å²) in [7, 11) is 0. The van der Waals surface area contributed by atoms with Crippen LogP contribution in [0, 0.1) is 13.8 Å². The zero-order valence-electron chi connectivity index (χ0n) is 8.87. The average Bonchev–Trinajstić information content (AvgIpc) is 2.15. The van der Waals surface area contributed by atoms with Crippen molar-refractivity contribution in [2.75, 3.05) is 0 Å². The molecule has 0 aliphatic rings. The topological polar surface area (TPSA) is 83.0 Å². The summed E-state index contributed by atoms with van der Waals surface area (Å²) in [5, 5.41) is 9.17. The van der Waals surface area contributed by atoms with E-state index in [0.29, 0.717) is 11.0 Å². The molecule has 0 saturated carbocycles. The first-order valence-corrected chi connectivity index (χ1v) is 4.73. The van der Waals surface area contributed by atoms with Gasteiger partial charge in [0, 0.05) is 11.9 Å². The smallest absolute Gasteiger partial charge is 0.341 e. The maximum atomic E-state index is 11.9. The van der Waals surface area contributed by atoms with Crippen LogP contribution in [0.15, 0.2) is 17.1 Å². The maximum Gasteiger partial charge on any atom is 0.341 e. The summed E-state index contributed by atoms with van der Waals surface area (Å²) in [5.74, 6) is -1.23. The van der Waals surface area contributed by atoms with Crippen LogP contribution in [0.25, 0.3) is 11.0 Å². The zero-order valence-corrected chi connectivity index (χ0v) is 8.87. The molecular weight excluding hydrogens is 208 g/mol. The van der Waals surface area contributed by atoms with Crippen LogP contribution in [-0.2, 0) is 0 Å². The fourth-order valence-corrected chi connectivity index (χ4v) is 1.73. The van der Waals surface area contributed by atoms with Crippen LogP contribution in [0.1, 0.15) is 21.6 Å². The second-order valence-electron chi connectivity index (χ2n) is 3.64. The summed E-state index contributed by atoms with van der Waals surface area (Å²) in [5.41, 5.74) is 1.18. The van der Waals surface area contributed by atoms with E-state index in [1.165, 1.54) is 6.20 Å². The number of nitrogens with zero attached hydrogens (tertiary/aromatic N) is 1. The van der Waals surface area contributed by atoms with E-state index < -0.39 is 11.4 Å². The predicted molar refractivity (Wildman–Crippen MR) is 58.8 cm³/mol. The average molecular weight is 218 g/mol. The van der Waals surface area contributed by atoms with Crippen molar-refractivity contribution >= 4 is 17.0 Å². The van der Waals surface area contributed by atoms with E-state index >= 15 is 0 Å². The molecule has 2 N–H and O–H groups in total. The van der Waals surface area contributed by atoms with Gasteiger partial charge < -0.3 is 10.1 Å². The van der Waals surface area contributed by atoms with Gasteiger partial charge in [0.25, 0.3) is 0 Å². The lowest BCUT2D eigenvalue weighted by Crippen LogP contribution is -2.16. The maximum absolute atomic E-state index is 11.9.